The Morgan fingerprint density at radius 2 is 2.00 bits per heavy atom. The van der Waals surface area contributed by atoms with E-state index < -0.39 is 0 Å². The van der Waals surface area contributed by atoms with Gasteiger partial charge in [-0.3, -0.25) is 4.79 Å². The van der Waals surface area contributed by atoms with E-state index in [4.69, 9.17) is 0 Å². The Morgan fingerprint density at radius 3 is 2.55 bits per heavy atom. The van der Waals surface area contributed by atoms with Gasteiger partial charge in [-0.25, -0.2) is 0 Å². The monoisotopic (exact) mass is 152 g/mol. The molecule has 0 atom stereocenters. The lowest BCUT2D eigenvalue weighted by Crippen LogP contribution is -2.07. The number of carbonyl (C=O) groups is 1. The second kappa shape index (κ2) is 4.32. The van der Waals surface area contributed by atoms with Crippen molar-refractivity contribution < 1.29 is 4.79 Å². The molecule has 0 amide bonds. The van der Waals surface area contributed by atoms with E-state index in [1.165, 1.54) is 32.1 Å². The van der Waals surface area contributed by atoms with Crippen molar-refractivity contribution in [2.24, 2.45) is 5.92 Å². The molecule has 1 rings (SSSR count). The van der Waals surface area contributed by atoms with Crippen LogP contribution in [-0.4, -0.2) is 6.29 Å². The van der Waals surface area contributed by atoms with Gasteiger partial charge in [0.2, 0.25) is 0 Å². The summed E-state index contributed by atoms with van der Waals surface area (Å²) in [5.41, 5.74) is 0.775. The fourth-order valence-electron chi connectivity index (χ4n) is 1.81. The maximum Gasteiger partial charge on any atom is 0.145 e. The third kappa shape index (κ3) is 2.87. The lowest BCUT2D eigenvalue weighted by molar-refractivity contribution is -0.105. The summed E-state index contributed by atoms with van der Waals surface area (Å²) < 4.78 is 0. The van der Waals surface area contributed by atoms with Crippen LogP contribution in [0.4, 0.5) is 0 Å². The zero-order valence-electron chi connectivity index (χ0n) is 7.01. The highest BCUT2D eigenvalue weighted by atomic mass is 16.1. The first-order valence-electron chi connectivity index (χ1n) is 4.46. The first-order chi connectivity index (χ1) is 5.33. The van der Waals surface area contributed by atoms with Gasteiger partial charge in [-0.1, -0.05) is 38.7 Å². The third-order valence-corrected chi connectivity index (χ3v) is 2.44. The van der Waals surface area contributed by atoms with E-state index in [0.717, 1.165) is 24.2 Å². The van der Waals surface area contributed by atoms with Crippen LogP contribution in [0.3, 0.4) is 0 Å². The molecule has 62 valence electrons. The van der Waals surface area contributed by atoms with Gasteiger partial charge in [0.1, 0.15) is 6.29 Å². The molecule has 1 saturated carbocycles. The van der Waals surface area contributed by atoms with Gasteiger partial charge in [0.15, 0.2) is 0 Å². The van der Waals surface area contributed by atoms with Crippen LogP contribution < -0.4 is 0 Å². The van der Waals surface area contributed by atoms with Crippen molar-refractivity contribution in [2.75, 3.05) is 0 Å². The van der Waals surface area contributed by atoms with Crippen LogP contribution >= 0.6 is 0 Å². The molecule has 0 unspecified atom stereocenters. The molecular formula is C10H16O. The number of aldehydes is 1. The van der Waals surface area contributed by atoms with Crippen LogP contribution in [0.15, 0.2) is 12.2 Å². The molecule has 11 heavy (non-hydrogen) atoms. The summed E-state index contributed by atoms with van der Waals surface area (Å²) in [6.45, 7) is 3.70. The molecule has 0 aromatic carbocycles. The van der Waals surface area contributed by atoms with Crippen LogP contribution in [0, 0.1) is 5.92 Å². The van der Waals surface area contributed by atoms with Crippen LogP contribution in [0.1, 0.15) is 38.5 Å². The van der Waals surface area contributed by atoms with Crippen molar-refractivity contribution in [3.05, 3.63) is 12.2 Å². The molecule has 0 spiro atoms. The van der Waals surface area contributed by atoms with E-state index >= 15 is 0 Å². The zero-order valence-corrected chi connectivity index (χ0v) is 7.01. The topological polar surface area (TPSA) is 17.1 Å². The van der Waals surface area contributed by atoms with Gasteiger partial charge in [0.25, 0.3) is 0 Å². The Kier molecular flexibility index (Phi) is 3.34. The molecule has 0 aromatic rings. The SMILES string of the molecule is C=C(C=O)CC1CCCCC1. The van der Waals surface area contributed by atoms with Crippen molar-refractivity contribution in [3.63, 3.8) is 0 Å². The lowest BCUT2D eigenvalue weighted by atomic mass is 9.85. The average molecular weight is 152 g/mol. The van der Waals surface area contributed by atoms with E-state index in [0.29, 0.717) is 0 Å². The second-order valence-corrected chi connectivity index (χ2v) is 3.48. The molecule has 0 N–H and O–H groups in total. The number of allylic oxidation sites excluding steroid dienone is 1. The summed E-state index contributed by atoms with van der Waals surface area (Å²) in [6, 6.07) is 0. The Morgan fingerprint density at radius 1 is 1.36 bits per heavy atom. The maximum absolute atomic E-state index is 10.3. The first kappa shape index (κ1) is 8.51. The minimum absolute atomic E-state index is 0.751. The Bertz CT molecular complexity index is 143. The zero-order chi connectivity index (χ0) is 8.10. The van der Waals surface area contributed by atoms with Gasteiger partial charge < -0.3 is 0 Å². The predicted octanol–water partition coefficient (Wildman–Crippen LogP) is 2.71. The molecule has 0 aliphatic heterocycles. The summed E-state index contributed by atoms with van der Waals surface area (Å²) in [7, 11) is 0. The molecule has 1 nitrogen and oxygen atoms in total. The fourth-order valence-corrected chi connectivity index (χ4v) is 1.81. The second-order valence-electron chi connectivity index (χ2n) is 3.48. The van der Waals surface area contributed by atoms with Crippen LogP contribution in [0.2, 0.25) is 0 Å². The summed E-state index contributed by atoms with van der Waals surface area (Å²) >= 11 is 0. The summed E-state index contributed by atoms with van der Waals surface area (Å²) in [6.07, 6.45) is 8.50. The van der Waals surface area contributed by atoms with Gasteiger partial charge in [0, 0.05) is 0 Å². The minimum atomic E-state index is 0.751. The van der Waals surface area contributed by atoms with E-state index in [2.05, 4.69) is 6.58 Å². The maximum atomic E-state index is 10.3. The molecule has 0 aromatic heterocycles. The Balaban J connectivity index is 2.24. The highest BCUT2D eigenvalue weighted by molar-refractivity contribution is 5.71. The lowest BCUT2D eigenvalue weighted by Gasteiger charge is -2.20. The van der Waals surface area contributed by atoms with Crippen molar-refractivity contribution >= 4 is 6.29 Å². The summed E-state index contributed by atoms with van der Waals surface area (Å²) in [5.74, 6) is 0.751. The number of carbonyl (C=O) groups excluding carboxylic acids is 1. The van der Waals surface area contributed by atoms with E-state index in [1.54, 1.807) is 0 Å². The smallest absolute Gasteiger partial charge is 0.145 e. The first-order valence-corrected chi connectivity index (χ1v) is 4.46. The van der Waals surface area contributed by atoms with Gasteiger partial charge in [-0.15, -0.1) is 0 Å². The minimum Gasteiger partial charge on any atom is -0.298 e. The molecule has 0 heterocycles. The fraction of sp³-hybridized carbons (Fsp3) is 0.700. The largest absolute Gasteiger partial charge is 0.298 e. The van der Waals surface area contributed by atoms with Gasteiger partial charge in [0.05, 0.1) is 0 Å². The number of hydrogen-bond donors (Lipinski definition) is 0. The molecule has 0 radical (unpaired) electrons. The van der Waals surface area contributed by atoms with Gasteiger partial charge >= 0.3 is 0 Å². The predicted molar refractivity (Wildman–Crippen MR) is 46.4 cm³/mol. The van der Waals surface area contributed by atoms with Crippen LogP contribution in [-0.2, 0) is 4.79 Å². The van der Waals surface area contributed by atoms with E-state index in [9.17, 15) is 4.79 Å². The normalized spacial score (nSPS) is 19.6. The molecule has 0 saturated heterocycles. The van der Waals surface area contributed by atoms with Crippen LogP contribution in [0.25, 0.3) is 0 Å². The summed E-state index contributed by atoms with van der Waals surface area (Å²) in [4.78, 5) is 10.3. The van der Waals surface area contributed by atoms with Crippen molar-refractivity contribution in [2.45, 2.75) is 38.5 Å². The Hall–Kier alpha value is -0.590. The standard InChI is InChI=1S/C10H16O/c1-9(8-11)7-10-5-3-2-4-6-10/h8,10H,1-7H2. The highest BCUT2D eigenvalue weighted by Gasteiger charge is 2.13. The molecule has 1 aliphatic rings. The molecule has 1 fully saturated rings. The Labute approximate surface area is 68.5 Å². The quantitative estimate of drug-likeness (QED) is 0.449. The average Bonchev–Trinajstić information content (AvgIpc) is 2.06. The number of hydrogen-bond acceptors (Lipinski definition) is 1. The number of rotatable bonds is 3. The van der Waals surface area contributed by atoms with Crippen molar-refractivity contribution in [1.29, 1.82) is 0 Å². The third-order valence-electron chi connectivity index (χ3n) is 2.44. The highest BCUT2D eigenvalue weighted by Crippen LogP contribution is 2.27. The van der Waals surface area contributed by atoms with E-state index in [1.807, 2.05) is 0 Å². The van der Waals surface area contributed by atoms with Gasteiger partial charge in [-0.05, 0) is 17.9 Å². The molecule has 1 aliphatic carbocycles. The summed E-state index contributed by atoms with van der Waals surface area (Å²) in [5, 5.41) is 0. The molecule has 0 bridgehead atoms. The van der Waals surface area contributed by atoms with Crippen LogP contribution in [0.5, 0.6) is 0 Å². The molecular weight excluding hydrogens is 136 g/mol. The van der Waals surface area contributed by atoms with Crippen molar-refractivity contribution in [1.82, 2.24) is 0 Å². The molecule has 1 heteroatoms. The van der Waals surface area contributed by atoms with E-state index in [-0.39, 0.29) is 0 Å². The van der Waals surface area contributed by atoms with Gasteiger partial charge in [-0.2, -0.15) is 0 Å². The van der Waals surface area contributed by atoms with Crippen molar-refractivity contribution in [3.8, 4) is 0 Å².